The van der Waals surface area contributed by atoms with E-state index in [0.29, 0.717) is 41.5 Å². The van der Waals surface area contributed by atoms with E-state index in [-0.39, 0.29) is 0 Å². The molecule has 0 radical (unpaired) electrons. The molecule has 1 N–H and O–H groups in total. The lowest BCUT2D eigenvalue weighted by Crippen LogP contribution is -1.99. The van der Waals surface area contributed by atoms with E-state index in [1.165, 1.54) is 27.1 Å². The Morgan fingerprint density at radius 2 is 1.21 bits per heavy atom. The SMILES string of the molecule is CC(C)c1cc2ccccc2o1.CC(C)c1ccccc1.CC(C)c1cccnc1.CC(C)c1ccco1.CC(C)c1cccs1.CC(C)c1ccn[nH]1.CC(C)n1cccn1. The molecule has 8 rings (SSSR count). The molecule has 8 heteroatoms. The zero-order valence-electron chi connectivity index (χ0n) is 40.0. The van der Waals surface area contributed by atoms with Gasteiger partial charge in [-0.3, -0.25) is 14.8 Å². The van der Waals surface area contributed by atoms with E-state index in [9.17, 15) is 0 Å². The number of thiophene rings is 1. The van der Waals surface area contributed by atoms with Crippen molar-refractivity contribution in [2.24, 2.45) is 0 Å². The summed E-state index contributed by atoms with van der Waals surface area (Å²) in [5, 5.41) is 14.1. The van der Waals surface area contributed by atoms with Crippen LogP contribution in [0.25, 0.3) is 11.0 Å². The summed E-state index contributed by atoms with van der Waals surface area (Å²) in [6.07, 6.45) is 10.9. The van der Waals surface area contributed by atoms with Gasteiger partial charge in [0.25, 0.3) is 0 Å². The molecule has 0 atom stereocenters. The number of aromatic nitrogens is 5. The molecule has 0 saturated heterocycles. The maximum atomic E-state index is 5.63. The molecule has 6 heterocycles. The number of para-hydroxylation sites is 1. The molecule has 7 nitrogen and oxygen atoms in total. The molecule has 0 aliphatic rings. The Kier molecular flexibility index (Phi) is 25.3. The van der Waals surface area contributed by atoms with Crippen molar-refractivity contribution in [1.82, 2.24) is 25.0 Å². The van der Waals surface area contributed by atoms with Crippen LogP contribution < -0.4 is 0 Å². The third kappa shape index (κ3) is 21.4. The Morgan fingerprint density at radius 3 is 1.56 bits per heavy atom. The first kappa shape index (κ1) is 52.7. The van der Waals surface area contributed by atoms with Crippen molar-refractivity contribution in [3.63, 3.8) is 0 Å². The molecule has 0 amide bonds. The normalized spacial score (nSPS) is 10.5. The van der Waals surface area contributed by atoms with Gasteiger partial charge in [-0.2, -0.15) is 10.2 Å². The van der Waals surface area contributed by atoms with Crippen molar-refractivity contribution >= 4 is 22.3 Å². The van der Waals surface area contributed by atoms with Crippen LogP contribution in [0.1, 0.15) is 172 Å². The number of hydrogen-bond acceptors (Lipinski definition) is 6. The van der Waals surface area contributed by atoms with Crippen LogP contribution in [0, 0.1) is 0 Å². The fourth-order valence-electron chi connectivity index (χ4n) is 5.26. The Bertz CT molecular complexity index is 1940. The van der Waals surface area contributed by atoms with Gasteiger partial charge in [-0.05, 0) is 103 Å². The zero-order valence-corrected chi connectivity index (χ0v) is 40.8. The average molecular weight is 858 g/mol. The van der Waals surface area contributed by atoms with Crippen molar-refractivity contribution < 1.29 is 8.83 Å². The second kappa shape index (κ2) is 29.7. The second-order valence-electron chi connectivity index (χ2n) is 16.9. The van der Waals surface area contributed by atoms with Crippen molar-refractivity contribution in [2.45, 2.75) is 138 Å². The Balaban J connectivity index is 0.000000250. The van der Waals surface area contributed by atoms with Gasteiger partial charge in [0.15, 0.2) is 0 Å². The predicted molar refractivity (Wildman–Crippen MR) is 266 cm³/mol. The van der Waals surface area contributed by atoms with Gasteiger partial charge >= 0.3 is 0 Å². The van der Waals surface area contributed by atoms with Crippen LogP contribution >= 0.6 is 11.3 Å². The number of aromatic amines is 1. The number of nitrogens with zero attached hydrogens (tertiary/aromatic N) is 4. The van der Waals surface area contributed by atoms with Crippen molar-refractivity contribution in [2.75, 3.05) is 0 Å². The summed E-state index contributed by atoms with van der Waals surface area (Å²) in [4.78, 5) is 5.48. The van der Waals surface area contributed by atoms with Gasteiger partial charge in [0.05, 0.1) is 6.26 Å². The molecule has 0 saturated carbocycles. The highest BCUT2D eigenvalue weighted by molar-refractivity contribution is 7.10. The largest absolute Gasteiger partial charge is 0.469 e. The van der Waals surface area contributed by atoms with Crippen LogP contribution in [0.15, 0.2) is 161 Å². The summed E-state index contributed by atoms with van der Waals surface area (Å²) in [5.41, 5.74) is 4.90. The van der Waals surface area contributed by atoms with E-state index in [1.54, 1.807) is 24.9 Å². The first-order chi connectivity index (χ1) is 29.6. The van der Waals surface area contributed by atoms with E-state index < -0.39 is 0 Å². The van der Waals surface area contributed by atoms with Gasteiger partial charge in [-0.15, -0.1) is 11.3 Å². The number of rotatable bonds is 7. The Morgan fingerprint density at radius 1 is 0.548 bits per heavy atom. The number of H-pyrrole nitrogens is 1. The fourth-order valence-corrected chi connectivity index (χ4v) is 6.00. The van der Waals surface area contributed by atoms with E-state index in [0.717, 1.165) is 17.1 Å². The molecule has 0 unspecified atom stereocenters. The number of hydrogen-bond donors (Lipinski definition) is 1. The molecular weight excluding hydrogens is 783 g/mol. The van der Waals surface area contributed by atoms with Gasteiger partial charge in [-0.25, -0.2) is 0 Å². The molecule has 0 aliphatic carbocycles. The minimum absolute atomic E-state index is 0.470. The highest BCUT2D eigenvalue weighted by Gasteiger charge is 2.05. The van der Waals surface area contributed by atoms with Crippen LogP contribution in [-0.2, 0) is 0 Å². The summed E-state index contributed by atoms with van der Waals surface area (Å²) in [6.45, 7) is 30.1. The van der Waals surface area contributed by atoms with Crippen LogP contribution in [0.4, 0.5) is 0 Å². The summed E-state index contributed by atoms with van der Waals surface area (Å²) < 4.78 is 12.6. The highest BCUT2D eigenvalue weighted by Crippen LogP contribution is 2.24. The third-order valence-electron chi connectivity index (χ3n) is 9.25. The smallest absolute Gasteiger partial charge is 0.134 e. The van der Waals surface area contributed by atoms with Crippen molar-refractivity contribution in [1.29, 1.82) is 0 Å². The molecule has 6 aromatic heterocycles. The molecule has 0 spiro atoms. The highest BCUT2D eigenvalue weighted by atomic mass is 32.1. The van der Waals surface area contributed by atoms with Crippen LogP contribution in [-0.4, -0.2) is 25.0 Å². The number of nitrogens with one attached hydrogen (secondary N) is 1. The van der Waals surface area contributed by atoms with Gasteiger partial charge in [0.2, 0.25) is 0 Å². The van der Waals surface area contributed by atoms with Crippen LogP contribution in [0.5, 0.6) is 0 Å². The third-order valence-corrected chi connectivity index (χ3v) is 10.4. The van der Waals surface area contributed by atoms with Gasteiger partial charge in [-0.1, -0.05) is 144 Å². The first-order valence-electron chi connectivity index (χ1n) is 22.1. The molecular formula is C54H75N5O2S. The predicted octanol–water partition coefficient (Wildman–Crippen LogP) is 16.8. The Hall–Kier alpha value is -5.47. The Labute approximate surface area is 378 Å². The van der Waals surface area contributed by atoms with Gasteiger partial charge < -0.3 is 8.83 Å². The average Bonchev–Trinajstić information content (AvgIpc) is 4.13. The summed E-state index contributed by atoms with van der Waals surface area (Å²) in [6, 6.07) is 37.4. The summed E-state index contributed by atoms with van der Waals surface area (Å²) in [7, 11) is 0. The molecule has 0 aliphatic heterocycles. The van der Waals surface area contributed by atoms with E-state index in [4.69, 9.17) is 8.83 Å². The lowest BCUT2D eigenvalue weighted by atomic mass is 10.0. The van der Waals surface area contributed by atoms with Crippen LogP contribution in [0.2, 0.25) is 0 Å². The topological polar surface area (TPSA) is 85.7 Å². The lowest BCUT2D eigenvalue weighted by molar-refractivity contribution is 0.487. The van der Waals surface area contributed by atoms with Gasteiger partial charge in [0, 0.05) is 64.8 Å². The molecule has 62 heavy (non-hydrogen) atoms. The fraction of sp³-hybridized carbons (Fsp3) is 0.389. The molecule has 0 fully saturated rings. The van der Waals surface area contributed by atoms with Crippen molar-refractivity contribution in [3.05, 3.63) is 185 Å². The number of furan rings is 2. The number of benzene rings is 2. The van der Waals surface area contributed by atoms with Crippen molar-refractivity contribution in [3.8, 4) is 0 Å². The zero-order chi connectivity index (χ0) is 45.9. The molecule has 8 aromatic rings. The second-order valence-corrected chi connectivity index (χ2v) is 17.9. The van der Waals surface area contributed by atoms with Crippen LogP contribution in [0.3, 0.4) is 0 Å². The molecule has 0 bridgehead atoms. The maximum absolute atomic E-state index is 5.63. The quantitative estimate of drug-likeness (QED) is 0.173. The number of pyridine rings is 1. The monoisotopic (exact) mass is 858 g/mol. The summed E-state index contributed by atoms with van der Waals surface area (Å²) >= 11 is 1.83. The number of fused-ring (bicyclic) bond motifs is 1. The molecule has 334 valence electrons. The van der Waals surface area contributed by atoms with E-state index in [2.05, 4.69) is 177 Å². The van der Waals surface area contributed by atoms with E-state index in [1.807, 2.05) is 83.0 Å². The maximum Gasteiger partial charge on any atom is 0.134 e. The lowest BCUT2D eigenvalue weighted by Gasteiger charge is -2.01. The first-order valence-corrected chi connectivity index (χ1v) is 23.0. The standard InChI is InChI=1S/C11H12O.C9H12.C8H11N.C7H10O.C7H10S.2C6H10N2/c1-8(2)11-7-9-5-3-4-6-10(9)12-11;1-8(2)9-6-4-3-5-7-9;1-7(2)8-4-3-5-9-6-8;2*1-6(2)7-4-3-5-8-7;1-6(2)8-5-3-4-7-8;1-5(2)6-3-4-7-8-6/h3-8H,1-2H3;3-8H,1-2H3;3-7H,1-2H3;3*3-6H,1-2H3;3-5H,1-2H3,(H,7,8). The summed E-state index contributed by atoms with van der Waals surface area (Å²) in [5.74, 6) is 5.64. The minimum atomic E-state index is 0.470. The van der Waals surface area contributed by atoms with Gasteiger partial charge in [0.1, 0.15) is 17.1 Å². The van der Waals surface area contributed by atoms with E-state index >= 15 is 0 Å². The molecule has 2 aromatic carbocycles. The minimum Gasteiger partial charge on any atom is -0.469 e.